The standard InChI is InChI=1S/C13H18O/c14-10-4-8-12-7-3-6-11-5-1-2-9-13(11)12/h1-2,5,9,12,14H,3-4,6-8,10H2/t12-/m1/s1. The highest BCUT2D eigenvalue weighted by Gasteiger charge is 2.18. The Bertz CT molecular complexity index is 293. The summed E-state index contributed by atoms with van der Waals surface area (Å²) in [4.78, 5) is 0. The summed E-state index contributed by atoms with van der Waals surface area (Å²) in [6.07, 6.45) is 5.95. The number of hydrogen-bond acceptors (Lipinski definition) is 1. The zero-order chi connectivity index (χ0) is 9.80. The van der Waals surface area contributed by atoms with E-state index < -0.39 is 0 Å². The first-order valence-electron chi connectivity index (χ1n) is 5.60. The highest BCUT2D eigenvalue weighted by atomic mass is 16.2. The molecule has 0 radical (unpaired) electrons. The van der Waals surface area contributed by atoms with E-state index in [1.807, 2.05) is 0 Å². The maximum absolute atomic E-state index is 8.84. The van der Waals surface area contributed by atoms with Crippen LogP contribution in [-0.2, 0) is 6.42 Å². The van der Waals surface area contributed by atoms with Gasteiger partial charge in [0.1, 0.15) is 0 Å². The van der Waals surface area contributed by atoms with Gasteiger partial charge in [0.25, 0.3) is 0 Å². The van der Waals surface area contributed by atoms with E-state index in [9.17, 15) is 0 Å². The molecule has 14 heavy (non-hydrogen) atoms. The molecule has 0 aliphatic heterocycles. The minimum atomic E-state index is 0.332. The van der Waals surface area contributed by atoms with E-state index in [-0.39, 0.29) is 0 Å². The summed E-state index contributed by atoms with van der Waals surface area (Å²) >= 11 is 0. The Hall–Kier alpha value is -0.820. The van der Waals surface area contributed by atoms with Crippen LogP contribution in [0.1, 0.15) is 42.7 Å². The number of aliphatic hydroxyl groups is 1. The monoisotopic (exact) mass is 190 g/mol. The molecular formula is C13H18O. The van der Waals surface area contributed by atoms with Crippen LogP contribution in [0.25, 0.3) is 0 Å². The minimum Gasteiger partial charge on any atom is -0.396 e. The van der Waals surface area contributed by atoms with Gasteiger partial charge < -0.3 is 5.11 Å². The van der Waals surface area contributed by atoms with Gasteiger partial charge in [-0.05, 0) is 49.1 Å². The van der Waals surface area contributed by atoms with Crippen molar-refractivity contribution in [3.05, 3.63) is 35.4 Å². The third-order valence-electron chi connectivity index (χ3n) is 3.20. The lowest BCUT2D eigenvalue weighted by Crippen LogP contribution is -2.10. The summed E-state index contributed by atoms with van der Waals surface area (Å²) in [5.41, 5.74) is 3.06. The van der Waals surface area contributed by atoms with Crippen LogP contribution in [0.3, 0.4) is 0 Å². The lowest BCUT2D eigenvalue weighted by Gasteiger charge is -2.25. The van der Waals surface area contributed by atoms with Gasteiger partial charge in [-0.2, -0.15) is 0 Å². The van der Waals surface area contributed by atoms with Crippen LogP contribution in [-0.4, -0.2) is 11.7 Å². The summed E-state index contributed by atoms with van der Waals surface area (Å²) in [5.74, 6) is 0.701. The summed E-state index contributed by atoms with van der Waals surface area (Å²) in [6, 6.07) is 8.78. The van der Waals surface area contributed by atoms with Gasteiger partial charge >= 0.3 is 0 Å². The lowest BCUT2D eigenvalue weighted by atomic mass is 9.80. The van der Waals surface area contributed by atoms with Crippen molar-refractivity contribution in [1.82, 2.24) is 0 Å². The zero-order valence-corrected chi connectivity index (χ0v) is 8.58. The highest BCUT2D eigenvalue weighted by molar-refractivity contribution is 5.32. The molecule has 1 aliphatic rings. The molecular weight excluding hydrogens is 172 g/mol. The number of benzene rings is 1. The van der Waals surface area contributed by atoms with Crippen molar-refractivity contribution in [2.75, 3.05) is 6.61 Å². The predicted molar refractivity (Wildman–Crippen MR) is 58.4 cm³/mol. The Balaban J connectivity index is 2.14. The van der Waals surface area contributed by atoms with Crippen LogP contribution in [0, 0.1) is 0 Å². The fourth-order valence-electron chi connectivity index (χ4n) is 2.49. The van der Waals surface area contributed by atoms with Crippen molar-refractivity contribution >= 4 is 0 Å². The van der Waals surface area contributed by atoms with E-state index in [0.717, 1.165) is 12.8 Å². The Morgan fingerprint density at radius 2 is 2.14 bits per heavy atom. The second-order valence-corrected chi connectivity index (χ2v) is 4.15. The molecule has 0 heterocycles. The van der Waals surface area contributed by atoms with Gasteiger partial charge in [0.05, 0.1) is 0 Å². The van der Waals surface area contributed by atoms with Gasteiger partial charge in [-0.15, -0.1) is 0 Å². The van der Waals surface area contributed by atoms with Crippen LogP contribution in [0.5, 0.6) is 0 Å². The summed E-state index contributed by atoms with van der Waals surface area (Å²) < 4.78 is 0. The van der Waals surface area contributed by atoms with E-state index in [1.54, 1.807) is 0 Å². The second-order valence-electron chi connectivity index (χ2n) is 4.15. The summed E-state index contributed by atoms with van der Waals surface area (Å²) in [6.45, 7) is 0.332. The number of aliphatic hydroxyl groups excluding tert-OH is 1. The third kappa shape index (κ3) is 1.98. The Kier molecular flexibility index (Phi) is 3.20. The van der Waals surface area contributed by atoms with E-state index in [4.69, 9.17) is 5.11 Å². The fraction of sp³-hybridized carbons (Fsp3) is 0.538. The molecule has 2 rings (SSSR count). The maximum Gasteiger partial charge on any atom is 0.0431 e. The molecule has 0 aromatic heterocycles. The van der Waals surface area contributed by atoms with Crippen molar-refractivity contribution in [2.24, 2.45) is 0 Å². The van der Waals surface area contributed by atoms with Gasteiger partial charge in [0.15, 0.2) is 0 Å². The van der Waals surface area contributed by atoms with Crippen molar-refractivity contribution in [1.29, 1.82) is 0 Å². The van der Waals surface area contributed by atoms with Crippen molar-refractivity contribution < 1.29 is 5.11 Å². The van der Waals surface area contributed by atoms with Crippen LogP contribution in [0.4, 0.5) is 0 Å². The summed E-state index contributed by atoms with van der Waals surface area (Å²) in [5, 5.41) is 8.84. The van der Waals surface area contributed by atoms with E-state index in [2.05, 4.69) is 24.3 Å². The molecule has 0 unspecified atom stereocenters. The molecule has 1 nitrogen and oxygen atoms in total. The minimum absolute atomic E-state index is 0.332. The Labute approximate surface area is 85.8 Å². The molecule has 1 aromatic carbocycles. The largest absolute Gasteiger partial charge is 0.396 e. The molecule has 1 heteroatoms. The number of rotatable bonds is 3. The number of hydrogen-bond donors (Lipinski definition) is 1. The molecule has 76 valence electrons. The molecule has 0 saturated carbocycles. The van der Waals surface area contributed by atoms with E-state index in [0.29, 0.717) is 12.5 Å². The number of aryl methyl sites for hydroxylation is 1. The van der Waals surface area contributed by atoms with E-state index >= 15 is 0 Å². The quantitative estimate of drug-likeness (QED) is 0.777. The third-order valence-corrected chi connectivity index (χ3v) is 3.20. The molecule has 1 atom stereocenters. The van der Waals surface area contributed by atoms with Crippen molar-refractivity contribution in [3.63, 3.8) is 0 Å². The highest BCUT2D eigenvalue weighted by Crippen LogP contribution is 2.34. The molecule has 1 N–H and O–H groups in total. The van der Waals surface area contributed by atoms with Crippen LogP contribution in [0.15, 0.2) is 24.3 Å². The van der Waals surface area contributed by atoms with Gasteiger partial charge in [0.2, 0.25) is 0 Å². The van der Waals surface area contributed by atoms with Crippen molar-refractivity contribution in [2.45, 2.75) is 38.0 Å². The Morgan fingerprint density at radius 3 is 3.00 bits per heavy atom. The predicted octanol–water partition coefficient (Wildman–Crippen LogP) is 2.88. The first kappa shape index (κ1) is 9.72. The SMILES string of the molecule is OCCC[C@H]1CCCc2ccccc21. The van der Waals surface area contributed by atoms with Gasteiger partial charge in [0, 0.05) is 6.61 Å². The average Bonchev–Trinajstić information content (AvgIpc) is 2.26. The molecule has 0 fully saturated rings. The van der Waals surface area contributed by atoms with Crippen molar-refractivity contribution in [3.8, 4) is 0 Å². The molecule has 0 amide bonds. The van der Waals surface area contributed by atoms with Crippen LogP contribution >= 0.6 is 0 Å². The topological polar surface area (TPSA) is 20.2 Å². The fourth-order valence-corrected chi connectivity index (χ4v) is 2.49. The first-order valence-corrected chi connectivity index (χ1v) is 5.60. The van der Waals surface area contributed by atoms with Crippen LogP contribution in [0.2, 0.25) is 0 Å². The maximum atomic E-state index is 8.84. The normalized spacial score (nSPS) is 20.5. The molecule has 0 spiro atoms. The second kappa shape index (κ2) is 4.61. The first-order chi connectivity index (χ1) is 6.92. The average molecular weight is 190 g/mol. The van der Waals surface area contributed by atoms with Gasteiger partial charge in [-0.1, -0.05) is 24.3 Å². The van der Waals surface area contributed by atoms with Gasteiger partial charge in [-0.3, -0.25) is 0 Å². The molecule has 1 aliphatic carbocycles. The smallest absolute Gasteiger partial charge is 0.0431 e. The molecule has 0 bridgehead atoms. The zero-order valence-electron chi connectivity index (χ0n) is 8.58. The number of fused-ring (bicyclic) bond motifs is 1. The van der Waals surface area contributed by atoms with E-state index in [1.165, 1.54) is 30.4 Å². The molecule has 1 aromatic rings. The Morgan fingerprint density at radius 1 is 1.29 bits per heavy atom. The molecule has 0 saturated heterocycles. The lowest BCUT2D eigenvalue weighted by molar-refractivity contribution is 0.277. The van der Waals surface area contributed by atoms with Gasteiger partial charge in [-0.25, -0.2) is 0 Å². The summed E-state index contributed by atoms with van der Waals surface area (Å²) in [7, 11) is 0. The van der Waals surface area contributed by atoms with Crippen LogP contribution < -0.4 is 0 Å².